The molecule has 2 fully saturated rings. The van der Waals surface area contributed by atoms with Crippen LogP contribution in [-0.4, -0.2) is 62.4 Å². The molecule has 0 saturated carbocycles. The van der Waals surface area contributed by atoms with E-state index in [9.17, 15) is 13.2 Å². The summed E-state index contributed by atoms with van der Waals surface area (Å²) in [6, 6.07) is 10.6. The second kappa shape index (κ2) is 11.6. The van der Waals surface area contributed by atoms with E-state index in [0.29, 0.717) is 25.3 Å². The summed E-state index contributed by atoms with van der Waals surface area (Å²) in [5.74, 6) is -0.118. The van der Waals surface area contributed by atoms with Crippen LogP contribution in [0.2, 0.25) is 0 Å². The second-order valence-electron chi connectivity index (χ2n) is 8.77. The lowest BCUT2D eigenvalue weighted by molar-refractivity contribution is -0.117. The maximum Gasteiger partial charge on any atom is 0.243 e. The van der Waals surface area contributed by atoms with Gasteiger partial charge >= 0.3 is 0 Å². The number of sulfonamides is 1. The Balaban J connectivity index is 1.36. The molecular weight excluding hydrogens is 458 g/mol. The molecule has 1 N–H and O–H groups in total. The fourth-order valence-corrected chi connectivity index (χ4v) is 6.69. The molecular formula is C24H33N3O4S2. The minimum atomic E-state index is -3.49. The highest BCUT2D eigenvalue weighted by atomic mass is 32.2. The molecule has 0 radical (unpaired) electrons. The number of hydrogen-bond acceptors (Lipinski definition) is 6. The zero-order valence-electron chi connectivity index (χ0n) is 18.9. The first-order chi connectivity index (χ1) is 16.0. The van der Waals surface area contributed by atoms with Crippen molar-refractivity contribution in [3.8, 4) is 0 Å². The van der Waals surface area contributed by atoms with Gasteiger partial charge in [0.25, 0.3) is 0 Å². The number of thiophene rings is 1. The van der Waals surface area contributed by atoms with Gasteiger partial charge in [0.1, 0.15) is 0 Å². The van der Waals surface area contributed by atoms with Crippen molar-refractivity contribution < 1.29 is 17.9 Å². The molecule has 2 saturated heterocycles. The van der Waals surface area contributed by atoms with Crippen LogP contribution >= 0.6 is 11.3 Å². The standard InChI is InChI=1S/C24H33N3O4S2/c28-24(19-26(17-21-7-5-15-31-21)18-22-8-6-16-32-22)25-20-9-11-23(12-10-20)33(29,30)27-13-3-1-2-4-14-27/h6,8-12,16,21H,1-5,7,13-15,17-19H2,(H,25,28). The van der Waals surface area contributed by atoms with Crippen LogP contribution in [0.4, 0.5) is 5.69 Å². The van der Waals surface area contributed by atoms with E-state index < -0.39 is 10.0 Å². The summed E-state index contributed by atoms with van der Waals surface area (Å²) in [5, 5.41) is 4.96. The summed E-state index contributed by atoms with van der Waals surface area (Å²) in [6.07, 6.45) is 6.22. The molecule has 0 spiro atoms. The van der Waals surface area contributed by atoms with Gasteiger partial charge in [0.2, 0.25) is 15.9 Å². The average Bonchev–Trinajstić information content (AvgIpc) is 3.42. The average molecular weight is 492 g/mol. The number of ether oxygens (including phenoxy) is 1. The first kappa shape index (κ1) is 24.3. The zero-order valence-corrected chi connectivity index (χ0v) is 20.6. The van der Waals surface area contributed by atoms with Crippen molar-refractivity contribution in [3.63, 3.8) is 0 Å². The van der Waals surface area contributed by atoms with Gasteiger partial charge in [-0.1, -0.05) is 18.9 Å². The Morgan fingerprint density at radius 2 is 1.85 bits per heavy atom. The zero-order chi connectivity index (χ0) is 23.1. The normalized spacial score (nSPS) is 20.1. The van der Waals surface area contributed by atoms with E-state index in [1.807, 2.05) is 11.4 Å². The molecule has 180 valence electrons. The number of nitrogens with zero attached hydrogens (tertiary/aromatic N) is 2. The van der Waals surface area contributed by atoms with Gasteiger partial charge in [-0.25, -0.2) is 8.42 Å². The number of carbonyl (C=O) groups excluding carboxylic acids is 1. The summed E-state index contributed by atoms with van der Waals surface area (Å²) in [7, 11) is -3.49. The van der Waals surface area contributed by atoms with Gasteiger partial charge in [-0.05, 0) is 61.4 Å². The Bertz CT molecular complexity index is 979. The summed E-state index contributed by atoms with van der Waals surface area (Å²) in [5.41, 5.74) is 0.600. The van der Waals surface area contributed by atoms with Gasteiger partial charge in [0.05, 0.1) is 17.5 Å². The lowest BCUT2D eigenvalue weighted by Crippen LogP contribution is -2.37. The number of anilines is 1. The Morgan fingerprint density at radius 1 is 1.09 bits per heavy atom. The van der Waals surface area contributed by atoms with Gasteiger partial charge in [0, 0.05) is 43.4 Å². The Kier molecular flexibility index (Phi) is 8.54. The lowest BCUT2D eigenvalue weighted by atomic mass is 10.2. The van der Waals surface area contributed by atoms with E-state index in [4.69, 9.17) is 4.74 Å². The van der Waals surface area contributed by atoms with E-state index in [1.54, 1.807) is 39.9 Å². The largest absolute Gasteiger partial charge is 0.377 e. The van der Waals surface area contributed by atoms with Crippen molar-refractivity contribution in [2.75, 3.05) is 38.1 Å². The van der Waals surface area contributed by atoms with Gasteiger partial charge < -0.3 is 10.1 Å². The summed E-state index contributed by atoms with van der Waals surface area (Å²) >= 11 is 1.68. The molecule has 1 unspecified atom stereocenters. The van der Waals surface area contributed by atoms with Gasteiger partial charge in [0.15, 0.2) is 0 Å². The predicted molar refractivity (Wildman–Crippen MR) is 131 cm³/mol. The Morgan fingerprint density at radius 3 is 2.48 bits per heavy atom. The Hall–Kier alpha value is -1.78. The molecule has 2 aliphatic rings. The predicted octanol–water partition coefficient (Wildman–Crippen LogP) is 3.93. The van der Waals surface area contributed by atoms with Crippen molar-refractivity contribution in [3.05, 3.63) is 46.7 Å². The molecule has 4 rings (SSSR count). The monoisotopic (exact) mass is 491 g/mol. The molecule has 1 aromatic heterocycles. The number of hydrogen-bond donors (Lipinski definition) is 1. The van der Waals surface area contributed by atoms with Gasteiger partial charge in [-0.3, -0.25) is 9.69 Å². The molecule has 1 aromatic carbocycles. The van der Waals surface area contributed by atoms with Crippen LogP contribution in [-0.2, 0) is 26.1 Å². The molecule has 2 aliphatic heterocycles. The van der Waals surface area contributed by atoms with Crippen LogP contribution in [0.1, 0.15) is 43.4 Å². The Labute approximate surface area is 200 Å². The van der Waals surface area contributed by atoms with Crippen molar-refractivity contribution >= 4 is 33.0 Å². The van der Waals surface area contributed by atoms with Crippen LogP contribution in [0.15, 0.2) is 46.7 Å². The highest BCUT2D eigenvalue weighted by Crippen LogP contribution is 2.22. The van der Waals surface area contributed by atoms with E-state index >= 15 is 0 Å². The third-order valence-corrected chi connectivity index (χ3v) is 8.93. The number of benzene rings is 1. The fraction of sp³-hybridized carbons (Fsp3) is 0.542. The second-order valence-corrected chi connectivity index (χ2v) is 11.7. The molecule has 2 aromatic rings. The van der Waals surface area contributed by atoms with Gasteiger partial charge in [-0.15, -0.1) is 11.3 Å². The number of amides is 1. The third-order valence-electron chi connectivity index (χ3n) is 6.15. The highest BCUT2D eigenvalue weighted by molar-refractivity contribution is 7.89. The van der Waals surface area contributed by atoms with Crippen LogP contribution in [0.25, 0.3) is 0 Å². The summed E-state index contributed by atoms with van der Waals surface area (Å²) in [6.45, 7) is 3.62. The molecule has 7 nitrogen and oxygen atoms in total. The minimum Gasteiger partial charge on any atom is -0.377 e. The smallest absolute Gasteiger partial charge is 0.243 e. The molecule has 3 heterocycles. The maximum absolute atomic E-state index is 13.0. The fourth-order valence-electron chi connectivity index (χ4n) is 4.43. The molecule has 1 atom stereocenters. The number of nitrogens with one attached hydrogen (secondary N) is 1. The molecule has 1 amide bonds. The number of carbonyl (C=O) groups is 1. The maximum atomic E-state index is 13.0. The van der Waals surface area contributed by atoms with Gasteiger partial charge in [-0.2, -0.15) is 4.31 Å². The highest BCUT2D eigenvalue weighted by Gasteiger charge is 2.25. The minimum absolute atomic E-state index is 0.118. The number of rotatable bonds is 9. The SMILES string of the molecule is O=C(CN(Cc1cccs1)CC1CCCO1)Nc1ccc(S(=O)(=O)N2CCCCCC2)cc1. The summed E-state index contributed by atoms with van der Waals surface area (Å²) < 4.78 is 33.3. The first-order valence-corrected chi connectivity index (χ1v) is 14.1. The molecule has 0 aliphatic carbocycles. The van der Waals surface area contributed by atoms with Crippen LogP contribution < -0.4 is 5.32 Å². The van der Waals surface area contributed by atoms with E-state index in [2.05, 4.69) is 16.3 Å². The van der Waals surface area contributed by atoms with E-state index in [-0.39, 0.29) is 23.5 Å². The quantitative estimate of drug-likeness (QED) is 0.575. The lowest BCUT2D eigenvalue weighted by Gasteiger charge is -2.24. The summed E-state index contributed by atoms with van der Waals surface area (Å²) in [4.78, 5) is 16.4. The van der Waals surface area contributed by atoms with Crippen molar-refractivity contribution in [2.24, 2.45) is 0 Å². The first-order valence-electron chi connectivity index (χ1n) is 11.8. The third kappa shape index (κ3) is 6.86. The van der Waals surface area contributed by atoms with Crippen molar-refractivity contribution in [1.82, 2.24) is 9.21 Å². The van der Waals surface area contributed by atoms with E-state index in [0.717, 1.165) is 51.7 Å². The van der Waals surface area contributed by atoms with Crippen molar-refractivity contribution in [1.29, 1.82) is 0 Å². The van der Waals surface area contributed by atoms with Crippen LogP contribution in [0, 0.1) is 0 Å². The van der Waals surface area contributed by atoms with Crippen LogP contribution in [0.3, 0.4) is 0 Å². The molecule has 9 heteroatoms. The van der Waals surface area contributed by atoms with Crippen molar-refractivity contribution in [2.45, 2.75) is 56.1 Å². The van der Waals surface area contributed by atoms with Crippen LogP contribution in [0.5, 0.6) is 0 Å². The van der Waals surface area contributed by atoms with E-state index in [1.165, 1.54) is 4.88 Å². The molecule has 33 heavy (non-hydrogen) atoms. The topological polar surface area (TPSA) is 79.0 Å². The molecule has 0 bridgehead atoms.